The molecule has 1 aliphatic rings. The van der Waals surface area contributed by atoms with E-state index >= 15 is 0 Å². The molecule has 3 rings (SSSR count). The molecule has 2 heterocycles. The van der Waals surface area contributed by atoms with Gasteiger partial charge in [0, 0.05) is 44.7 Å². The van der Waals surface area contributed by atoms with E-state index in [-0.39, 0.29) is 44.1 Å². The highest BCUT2D eigenvalue weighted by molar-refractivity contribution is 5.94. The van der Waals surface area contributed by atoms with Gasteiger partial charge in [-0.3, -0.25) is 19.2 Å². The molecule has 1 aromatic carbocycles. The number of nitrogens with zero attached hydrogens (tertiary/aromatic N) is 3. The summed E-state index contributed by atoms with van der Waals surface area (Å²) in [6.45, 7) is 3.79. The number of likely N-dealkylation sites (N-methyl/N-ethyl adjacent to an activating group) is 1. The lowest BCUT2D eigenvalue weighted by atomic mass is 9.91. The van der Waals surface area contributed by atoms with Gasteiger partial charge in [0.1, 0.15) is 18.1 Å². The summed E-state index contributed by atoms with van der Waals surface area (Å²) in [4.78, 5) is 73.2. The molecule has 3 atom stereocenters. The Bertz CT molecular complexity index is 1200. The number of H-pyrrole nitrogens is 1. The van der Waals surface area contributed by atoms with Crippen LogP contribution < -0.4 is 11.1 Å². The van der Waals surface area contributed by atoms with Crippen molar-refractivity contribution in [1.29, 1.82) is 0 Å². The van der Waals surface area contributed by atoms with E-state index in [2.05, 4.69) is 15.3 Å². The number of carbonyl (C=O) groups excluding carboxylic acids is 4. The molecule has 4 amide bonds. The highest BCUT2D eigenvalue weighted by Gasteiger charge is 2.41. The zero-order valence-electron chi connectivity index (χ0n) is 22.4. The van der Waals surface area contributed by atoms with Crippen molar-refractivity contribution >= 4 is 29.6 Å². The monoisotopic (exact) mass is 540 g/mol. The fourth-order valence-corrected chi connectivity index (χ4v) is 4.86. The summed E-state index contributed by atoms with van der Waals surface area (Å²) in [6.07, 6.45) is 3.57. The number of amides is 4. The maximum Gasteiger partial charge on any atom is 0.326 e. The summed E-state index contributed by atoms with van der Waals surface area (Å²) in [5, 5.41) is 12.1. The van der Waals surface area contributed by atoms with Crippen LogP contribution >= 0.6 is 0 Å². The maximum atomic E-state index is 14.0. The van der Waals surface area contributed by atoms with Gasteiger partial charge >= 0.3 is 5.97 Å². The zero-order chi connectivity index (χ0) is 28.7. The van der Waals surface area contributed by atoms with Crippen LogP contribution in [0.25, 0.3) is 0 Å². The minimum Gasteiger partial charge on any atom is -0.480 e. The van der Waals surface area contributed by atoms with Crippen LogP contribution in [0.3, 0.4) is 0 Å². The van der Waals surface area contributed by atoms with E-state index in [9.17, 15) is 29.1 Å². The Labute approximate surface area is 226 Å². The van der Waals surface area contributed by atoms with E-state index in [0.29, 0.717) is 6.42 Å². The van der Waals surface area contributed by atoms with Gasteiger partial charge in [-0.15, -0.1) is 0 Å². The fraction of sp³-hybridized carbons (Fsp3) is 0.481. The normalized spacial score (nSPS) is 16.2. The second-order valence-corrected chi connectivity index (χ2v) is 10.1. The number of aliphatic carboxylic acids is 1. The first-order valence-electron chi connectivity index (χ1n) is 12.9. The van der Waals surface area contributed by atoms with Crippen molar-refractivity contribution in [2.45, 2.75) is 70.6 Å². The molecule has 0 radical (unpaired) electrons. The van der Waals surface area contributed by atoms with Gasteiger partial charge in [-0.05, 0) is 29.9 Å². The SMILES string of the molecule is CC(C)[C@@H](C(=O)N1Cc2ccccc2CC1C(=O)N[C@H](CCC(N)=O)C(=O)O)N(C)C(=O)CCc1cnc[nH]1. The maximum absolute atomic E-state index is 14.0. The number of hydrogen-bond donors (Lipinski definition) is 4. The molecule has 0 bridgehead atoms. The van der Waals surface area contributed by atoms with Crippen LogP contribution in [0.4, 0.5) is 0 Å². The number of carboxylic acid groups (broad SMARTS) is 1. The molecule has 0 spiro atoms. The van der Waals surface area contributed by atoms with Crippen molar-refractivity contribution < 1.29 is 29.1 Å². The third-order valence-electron chi connectivity index (χ3n) is 6.99. The lowest BCUT2D eigenvalue weighted by Crippen LogP contribution is -2.60. The summed E-state index contributed by atoms with van der Waals surface area (Å²) in [5.74, 6) is -3.53. The molecule has 39 heavy (non-hydrogen) atoms. The molecule has 1 unspecified atom stereocenters. The Balaban J connectivity index is 1.85. The number of hydrogen-bond acceptors (Lipinski definition) is 6. The molecule has 1 aromatic heterocycles. The lowest BCUT2D eigenvalue weighted by Gasteiger charge is -2.41. The first-order valence-corrected chi connectivity index (χ1v) is 12.9. The van der Waals surface area contributed by atoms with E-state index in [4.69, 9.17) is 5.73 Å². The van der Waals surface area contributed by atoms with E-state index in [1.165, 1.54) is 16.1 Å². The molecule has 1 aliphatic heterocycles. The van der Waals surface area contributed by atoms with E-state index in [1.54, 1.807) is 13.2 Å². The second kappa shape index (κ2) is 13.0. The molecule has 0 fully saturated rings. The van der Waals surface area contributed by atoms with Gasteiger partial charge < -0.3 is 30.9 Å². The molecular weight excluding hydrogens is 504 g/mol. The minimum atomic E-state index is -1.34. The number of benzene rings is 1. The molecule has 2 aromatic rings. The number of carboxylic acids is 1. The minimum absolute atomic E-state index is 0.130. The van der Waals surface area contributed by atoms with Crippen LogP contribution in [0.5, 0.6) is 0 Å². The largest absolute Gasteiger partial charge is 0.480 e. The highest BCUT2D eigenvalue weighted by atomic mass is 16.4. The third-order valence-corrected chi connectivity index (χ3v) is 6.99. The van der Waals surface area contributed by atoms with Gasteiger partial charge in [-0.25, -0.2) is 9.78 Å². The number of carbonyl (C=O) groups is 5. The van der Waals surface area contributed by atoms with Crippen LogP contribution in [0.1, 0.15) is 49.9 Å². The van der Waals surface area contributed by atoms with Crippen molar-refractivity contribution in [3.05, 3.63) is 53.6 Å². The molecule has 0 saturated heterocycles. The molecule has 210 valence electrons. The quantitative estimate of drug-likeness (QED) is 0.304. The van der Waals surface area contributed by atoms with E-state index < -0.39 is 41.8 Å². The average molecular weight is 541 g/mol. The van der Waals surface area contributed by atoms with Crippen LogP contribution in [0.15, 0.2) is 36.8 Å². The summed E-state index contributed by atoms with van der Waals surface area (Å²) in [5.41, 5.74) is 7.70. The zero-order valence-corrected chi connectivity index (χ0v) is 22.4. The van der Waals surface area contributed by atoms with Crippen LogP contribution in [-0.4, -0.2) is 79.6 Å². The number of nitrogens with two attached hydrogens (primary N) is 1. The van der Waals surface area contributed by atoms with Gasteiger partial charge in [0.2, 0.25) is 23.6 Å². The van der Waals surface area contributed by atoms with Crippen LogP contribution in [0.2, 0.25) is 0 Å². The van der Waals surface area contributed by atoms with Gasteiger partial charge in [0.05, 0.1) is 6.33 Å². The molecule has 5 N–H and O–H groups in total. The highest BCUT2D eigenvalue weighted by Crippen LogP contribution is 2.27. The standard InChI is InChI=1S/C27H36N6O6/c1-16(2)24(32(3)23(35)11-8-19-13-29-15-30-19)26(37)33-14-18-7-5-4-6-17(18)12-21(33)25(36)31-20(27(38)39)9-10-22(28)34/h4-7,13,15-16,20-21,24H,8-12,14H2,1-3H3,(H2,28,34)(H,29,30)(H,31,36)(H,38,39)/t20-,21?,24+/m1/s1. The Kier molecular flexibility index (Phi) is 9.80. The van der Waals surface area contributed by atoms with Crippen molar-refractivity contribution in [1.82, 2.24) is 25.1 Å². The number of nitrogens with one attached hydrogen (secondary N) is 2. The first-order chi connectivity index (χ1) is 18.5. The lowest BCUT2D eigenvalue weighted by molar-refractivity contribution is -0.152. The molecule has 12 nitrogen and oxygen atoms in total. The molecule has 0 aliphatic carbocycles. The summed E-state index contributed by atoms with van der Waals surface area (Å²) >= 11 is 0. The summed E-state index contributed by atoms with van der Waals surface area (Å²) in [7, 11) is 1.58. The number of fused-ring (bicyclic) bond motifs is 1. The first kappa shape index (κ1) is 29.3. The second-order valence-electron chi connectivity index (χ2n) is 10.1. The van der Waals surface area contributed by atoms with Crippen LogP contribution in [0, 0.1) is 5.92 Å². The van der Waals surface area contributed by atoms with Gasteiger partial charge in [0.25, 0.3) is 0 Å². The summed E-state index contributed by atoms with van der Waals surface area (Å²) in [6, 6.07) is 4.23. The number of aromatic amines is 1. The Morgan fingerprint density at radius 3 is 2.46 bits per heavy atom. The Hall–Kier alpha value is -4.22. The van der Waals surface area contributed by atoms with Crippen molar-refractivity contribution in [2.75, 3.05) is 7.05 Å². The topological polar surface area (TPSA) is 179 Å². The Morgan fingerprint density at radius 2 is 1.87 bits per heavy atom. The van der Waals surface area contributed by atoms with Crippen molar-refractivity contribution in [3.63, 3.8) is 0 Å². The van der Waals surface area contributed by atoms with Crippen molar-refractivity contribution in [2.24, 2.45) is 11.7 Å². The number of primary amides is 1. The van der Waals surface area contributed by atoms with Gasteiger partial charge in [-0.1, -0.05) is 38.1 Å². The van der Waals surface area contributed by atoms with E-state index in [1.807, 2.05) is 38.1 Å². The summed E-state index contributed by atoms with van der Waals surface area (Å²) < 4.78 is 0. The number of aromatic nitrogens is 2. The van der Waals surface area contributed by atoms with Gasteiger partial charge in [0.15, 0.2) is 0 Å². The van der Waals surface area contributed by atoms with E-state index in [0.717, 1.165) is 16.8 Å². The molecule has 0 saturated carbocycles. The molecule has 12 heteroatoms. The van der Waals surface area contributed by atoms with Crippen molar-refractivity contribution in [3.8, 4) is 0 Å². The number of rotatable bonds is 12. The number of aryl methyl sites for hydroxylation is 1. The average Bonchev–Trinajstić information content (AvgIpc) is 3.42. The Morgan fingerprint density at radius 1 is 1.18 bits per heavy atom. The number of imidazole rings is 1. The predicted octanol–water partition coefficient (Wildman–Crippen LogP) is 0.614. The smallest absolute Gasteiger partial charge is 0.326 e. The predicted molar refractivity (Wildman–Crippen MR) is 141 cm³/mol. The third kappa shape index (κ3) is 7.43. The fourth-order valence-electron chi connectivity index (χ4n) is 4.86. The molecular formula is C27H36N6O6. The van der Waals surface area contributed by atoms with Gasteiger partial charge in [-0.2, -0.15) is 0 Å². The van der Waals surface area contributed by atoms with Crippen LogP contribution in [-0.2, 0) is 43.4 Å².